The standard InChI is InChI=1S/C24H16FN3O/c25-19-7-5-8-20(13-19)28-15-18(23-10-3-4-11-27-23)12-22(24(28)16-29)21-9-2-1-6-17(21)14-26/h1-13,15-16,24H. The van der Waals surface area contributed by atoms with E-state index in [0.717, 1.165) is 11.9 Å². The Labute approximate surface area is 167 Å². The Balaban J connectivity index is 1.93. The van der Waals surface area contributed by atoms with E-state index in [0.29, 0.717) is 28.1 Å². The third kappa shape index (κ3) is 3.56. The molecule has 2 heterocycles. The van der Waals surface area contributed by atoms with Gasteiger partial charge in [-0.05, 0) is 53.6 Å². The Morgan fingerprint density at radius 3 is 2.62 bits per heavy atom. The fourth-order valence-electron chi connectivity index (χ4n) is 3.42. The van der Waals surface area contributed by atoms with Crippen LogP contribution in [0.2, 0.25) is 0 Å². The van der Waals surface area contributed by atoms with Crippen molar-refractivity contribution in [2.45, 2.75) is 6.04 Å². The van der Waals surface area contributed by atoms with E-state index in [1.807, 2.05) is 36.4 Å². The molecule has 29 heavy (non-hydrogen) atoms. The predicted octanol–water partition coefficient (Wildman–Crippen LogP) is 4.60. The summed E-state index contributed by atoms with van der Waals surface area (Å²) >= 11 is 0. The smallest absolute Gasteiger partial charge is 0.147 e. The first-order chi connectivity index (χ1) is 14.2. The van der Waals surface area contributed by atoms with E-state index in [4.69, 9.17) is 0 Å². The van der Waals surface area contributed by atoms with Crippen LogP contribution in [0.15, 0.2) is 85.2 Å². The Hall–Kier alpha value is -4.04. The number of aldehydes is 1. The molecule has 3 aromatic rings. The highest BCUT2D eigenvalue weighted by molar-refractivity contribution is 5.99. The minimum atomic E-state index is -0.709. The number of rotatable bonds is 4. The van der Waals surface area contributed by atoms with Gasteiger partial charge in [0.25, 0.3) is 0 Å². The first-order valence-corrected chi connectivity index (χ1v) is 9.05. The number of nitriles is 1. The fourth-order valence-corrected chi connectivity index (χ4v) is 3.42. The summed E-state index contributed by atoms with van der Waals surface area (Å²) in [6.07, 6.45) is 6.14. The lowest BCUT2D eigenvalue weighted by Crippen LogP contribution is -2.36. The molecule has 0 spiro atoms. The summed E-state index contributed by atoms with van der Waals surface area (Å²) in [5.41, 5.74) is 3.79. The van der Waals surface area contributed by atoms with E-state index in [2.05, 4.69) is 11.1 Å². The minimum Gasteiger partial charge on any atom is -0.333 e. The third-order valence-corrected chi connectivity index (χ3v) is 4.76. The zero-order valence-corrected chi connectivity index (χ0v) is 15.4. The second-order valence-electron chi connectivity index (χ2n) is 6.52. The summed E-state index contributed by atoms with van der Waals surface area (Å²) in [4.78, 5) is 18.3. The van der Waals surface area contributed by atoms with Crippen molar-refractivity contribution in [3.05, 3.63) is 108 Å². The average molecular weight is 381 g/mol. The first-order valence-electron chi connectivity index (χ1n) is 9.05. The maximum Gasteiger partial charge on any atom is 0.147 e. The zero-order chi connectivity index (χ0) is 20.2. The van der Waals surface area contributed by atoms with Crippen LogP contribution >= 0.6 is 0 Å². The molecule has 4 rings (SSSR count). The van der Waals surface area contributed by atoms with E-state index < -0.39 is 11.9 Å². The van der Waals surface area contributed by atoms with Gasteiger partial charge in [0.05, 0.1) is 17.3 Å². The summed E-state index contributed by atoms with van der Waals surface area (Å²) in [5, 5.41) is 9.55. The number of halogens is 1. The number of benzene rings is 2. The van der Waals surface area contributed by atoms with Gasteiger partial charge in [-0.3, -0.25) is 4.98 Å². The molecular weight excluding hydrogens is 365 g/mol. The van der Waals surface area contributed by atoms with Gasteiger partial charge < -0.3 is 9.69 Å². The van der Waals surface area contributed by atoms with Gasteiger partial charge in [0.1, 0.15) is 18.1 Å². The van der Waals surface area contributed by atoms with Gasteiger partial charge in [-0.1, -0.05) is 30.3 Å². The molecule has 0 bridgehead atoms. The highest BCUT2D eigenvalue weighted by Crippen LogP contribution is 2.35. The van der Waals surface area contributed by atoms with E-state index in [-0.39, 0.29) is 0 Å². The lowest BCUT2D eigenvalue weighted by Gasteiger charge is -2.33. The van der Waals surface area contributed by atoms with E-state index in [9.17, 15) is 14.4 Å². The van der Waals surface area contributed by atoms with Gasteiger partial charge in [-0.25, -0.2) is 4.39 Å². The molecule has 1 atom stereocenters. The minimum absolute atomic E-state index is 0.395. The number of nitrogens with zero attached hydrogens (tertiary/aromatic N) is 3. The number of carbonyl (C=O) groups excluding carboxylic acids is 1. The topological polar surface area (TPSA) is 57.0 Å². The lowest BCUT2D eigenvalue weighted by atomic mass is 9.89. The van der Waals surface area contributed by atoms with Crippen molar-refractivity contribution in [1.29, 1.82) is 5.26 Å². The van der Waals surface area contributed by atoms with E-state index in [1.165, 1.54) is 12.1 Å². The number of hydrogen-bond acceptors (Lipinski definition) is 4. The van der Waals surface area contributed by atoms with Crippen LogP contribution in [0.25, 0.3) is 11.1 Å². The van der Waals surface area contributed by atoms with E-state index >= 15 is 0 Å². The number of hydrogen-bond donors (Lipinski definition) is 0. The SMILES string of the molecule is N#Cc1ccccc1C1=CC(c2ccccn2)=CN(c2cccc(F)c2)C1C=O. The number of aromatic nitrogens is 1. The van der Waals surface area contributed by atoms with Crippen LogP contribution < -0.4 is 4.90 Å². The average Bonchev–Trinajstić information content (AvgIpc) is 2.78. The molecule has 1 aromatic heterocycles. The number of anilines is 1. The Morgan fingerprint density at radius 2 is 1.90 bits per heavy atom. The molecule has 0 radical (unpaired) electrons. The van der Waals surface area contributed by atoms with Gasteiger partial charge >= 0.3 is 0 Å². The molecule has 1 unspecified atom stereocenters. The van der Waals surface area contributed by atoms with Gasteiger partial charge in [-0.15, -0.1) is 0 Å². The maximum absolute atomic E-state index is 13.9. The Kier molecular flexibility index (Phi) is 5.00. The van der Waals surface area contributed by atoms with Gasteiger partial charge in [0, 0.05) is 23.7 Å². The van der Waals surface area contributed by atoms with Crippen molar-refractivity contribution >= 4 is 23.1 Å². The highest BCUT2D eigenvalue weighted by atomic mass is 19.1. The number of carbonyl (C=O) groups is 1. The van der Waals surface area contributed by atoms with Crippen molar-refractivity contribution < 1.29 is 9.18 Å². The summed E-state index contributed by atoms with van der Waals surface area (Å²) in [6, 6.07) is 20.2. The van der Waals surface area contributed by atoms with Crippen LogP contribution in [-0.2, 0) is 4.79 Å². The third-order valence-electron chi connectivity index (χ3n) is 4.76. The van der Waals surface area contributed by atoms with Gasteiger partial charge in [-0.2, -0.15) is 5.26 Å². The summed E-state index contributed by atoms with van der Waals surface area (Å²) in [5.74, 6) is -0.395. The number of allylic oxidation sites excluding steroid dienone is 2. The Bertz CT molecular complexity index is 1160. The van der Waals surface area contributed by atoms with Crippen LogP contribution in [0.5, 0.6) is 0 Å². The highest BCUT2D eigenvalue weighted by Gasteiger charge is 2.28. The lowest BCUT2D eigenvalue weighted by molar-refractivity contribution is -0.107. The molecule has 0 amide bonds. The molecule has 0 saturated heterocycles. The summed E-state index contributed by atoms with van der Waals surface area (Å²) < 4.78 is 13.9. The normalized spacial score (nSPS) is 15.9. The fraction of sp³-hybridized carbons (Fsp3) is 0.0417. The Morgan fingerprint density at radius 1 is 1.07 bits per heavy atom. The van der Waals surface area contributed by atoms with E-state index in [1.54, 1.807) is 41.6 Å². The molecule has 0 saturated carbocycles. The van der Waals surface area contributed by atoms with Crippen LogP contribution in [0.1, 0.15) is 16.8 Å². The zero-order valence-electron chi connectivity index (χ0n) is 15.4. The summed E-state index contributed by atoms with van der Waals surface area (Å²) in [7, 11) is 0. The summed E-state index contributed by atoms with van der Waals surface area (Å²) in [6.45, 7) is 0. The van der Waals surface area contributed by atoms with Crippen molar-refractivity contribution in [1.82, 2.24) is 4.98 Å². The molecule has 5 heteroatoms. The molecule has 0 fully saturated rings. The predicted molar refractivity (Wildman–Crippen MR) is 110 cm³/mol. The van der Waals surface area contributed by atoms with Crippen LogP contribution in [0, 0.1) is 17.1 Å². The number of pyridine rings is 1. The molecule has 4 nitrogen and oxygen atoms in total. The van der Waals surface area contributed by atoms with Gasteiger partial charge in [0.15, 0.2) is 0 Å². The molecule has 2 aromatic carbocycles. The largest absolute Gasteiger partial charge is 0.333 e. The maximum atomic E-state index is 13.9. The van der Waals surface area contributed by atoms with Crippen molar-refractivity contribution in [3.63, 3.8) is 0 Å². The van der Waals surface area contributed by atoms with Crippen molar-refractivity contribution in [2.75, 3.05) is 4.90 Å². The van der Waals surface area contributed by atoms with Gasteiger partial charge in [0.2, 0.25) is 0 Å². The van der Waals surface area contributed by atoms with Crippen molar-refractivity contribution in [2.24, 2.45) is 0 Å². The molecule has 0 N–H and O–H groups in total. The molecule has 0 aliphatic carbocycles. The second-order valence-corrected chi connectivity index (χ2v) is 6.52. The van der Waals surface area contributed by atoms with Crippen LogP contribution in [-0.4, -0.2) is 17.3 Å². The molecule has 1 aliphatic rings. The molecule has 1 aliphatic heterocycles. The molecular formula is C24H16FN3O. The molecule has 140 valence electrons. The van der Waals surface area contributed by atoms with Crippen LogP contribution in [0.3, 0.4) is 0 Å². The second kappa shape index (κ2) is 7.91. The monoisotopic (exact) mass is 381 g/mol. The van der Waals surface area contributed by atoms with Crippen molar-refractivity contribution in [3.8, 4) is 6.07 Å². The first kappa shape index (κ1) is 18.3. The van der Waals surface area contributed by atoms with Crippen LogP contribution in [0.4, 0.5) is 10.1 Å². The quantitative estimate of drug-likeness (QED) is 0.620.